The lowest BCUT2D eigenvalue weighted by Gasteiger charge is -2.08. The van der Waals surface area contributed by atoms with Gasteiger partial charge in [0.25, 0.3) is 5.70 Å². The lowest BCUT2D eigenvalue weighted by atomic mass is 9.96. The highest BCUT2D eigenvalue weighted by atomic mass is 14.7. The summed E-state index contributed by atoms with van der Waals surface area (Å²) in [5.41, 5.74) is 1.19. The zero-order valence-corrected chi connectivity index (χ0v) is 11.8. The highest BCUT2D eigenvalue weighted by Gasteiger charge is 2.04. The molecule has 0 radical (unpaired) electrons. The Morgan fingerprint density at radius 3 is 2.14 bits per heavy atom. The van der Waals surface area contributed by atoms with E-state index in [9.17, 15) is 0 Å². The minimum Gasteiger partial charge on any atom is -0.227 e. The van der Waals surface area contributed by atoms with E-state index in [-0.39, 0.29) is 5.70 Å². The van der Waals surface area contributed by atoms with Crippen LogP contribution < -0.4 is 0 Å². The molecule has 0 aromatic heterocycles. The van der Waals surface area contributed by atoms with Crippen molar-refractivity contribution in [3.05, 3.63) is 89.4 Å². The van der Waals surface area contributed by atoms with Crippen molar-refractivity contribution >= 4 is 27.6 Å². The van der Waals surface area contributed by atoms with Crippen LogP contribution in [0.3, 0.4) is 0 Å². The fraction of sp³-hybridized carbons (Fsp3) is 0. The van der Waals surface area contributed by atoms with Gasteiger partial charge in [0, 0.05) is 0 Å². The molecule has 102 valence electrons. The molecule has 0 heterocycles. The smallest absolute Gasteiger partial charge is 0.227 e. The summed E-state index contributed by atoms with van der Waals surface area (Å²) in [5.74, 6) is 0. The van der Waals surface area contributed by atoms with Gasteiger partial charge in [-0.15, -0.1) is 0 Å². The van der Waals surface area contributed by atoms with Crippen LogP contribution in [0.15, 0.2) is 72.4 Å². The van der Waals surface area contributed by atoms with E-state index in [1.165, 1.54) is 10.8 Å². The fourth-order valence-electron chi connectivity index (χ4n) is 2.56. The molecule has 0 spiro atoms. The molecule has 0 aliphatic rings. The van der Waals surface area contributed by atoms with Crippen molar-refractivity contribution in [3.8, 4) is 6.07 Å². The normalized spacial score (nSPS) is 11.6. The van der Waals surface area contributed by atoms with Crippen molar-refractivity contribution in [2.24, 2.45) is 0 Å². The number of allylic oxidation sites excluding steroid dienone is 3. The second-order valence-electron chi connectivity index (χ2n) is 4.87. The Kier molecular flexibility index (Phi) is 3.69. The first kappa shape index (κ1) is 13.6. The van der Waals surface area contributed by atoms with E-state index in [1.54, 1.807) is 12.2 Å². The summed E-state index contributed by atoms with van der Waals surface area (Å²) in [7, 11) is 0. The molecular formula is C20H12N2. The summed E-state index contributed by atoms with van der Waals surface area (Å²) in [5, 5.41) is 13.5. The van der Waals surface area contributed by atoms with Gasteiger partial charge in [0.2, 0.25) is 0 Å². The van der Waals surface area contributed by atoms with Gasteiger partial charge in [0.1, 0.15) is 0 Å². The maximum absolute atomic E-state index is 8.80. The second-order valence-corrected chi connectivity index (χ2v) is 4.87. The summed E-state index contributed by atoms with van der Waals surface area (Å²) in [6.45, 7) is 6.91. The van der Waals surface area contributed by atoms with Crippen LogP contribution in [0.1, 0.15) is 5.56 Å². The third-order valence-corrected chi connectivity index (χ3v) is 3.56. The van der Waals surface area contributed by atoms with Gasteiger partial charge in [-0.1, -0.05) is 60.7 Å². The molecule has 3 rings (SSSR count). The molecule has 22 heavy (non-hydrogen) atoms. The van der Waals surface area contributed by atoms with Crippen molar-refractivity contribution in [2.75, 3.05) is 0 Å². The van der Waals surface area contributed by atoms with E-state index in [1.807, 2.05) is 36.4 Å². The SMILES string of the molecule is [C-]#[N+]/C(C#N)=C\C=C\c1c2ccccc2cc2ccccc12. The van der Waals surface area contributed by atoms with E-state index in [2.05, 4.69) is 35.2 Å². The molecule has 0 N–H and O–H groups in total. The predicted molar refractivity (Wildman–Crippen MR) is 90.8 cm³/mol. The molecule has 0 fully saturated rings. The lowest BCUT2D eigenvalue weighted by molar-refractivity contribution is 1.50. The first-order chi connectivity index (χ1) is 10.8. The Hall–Kier alpha value is -3.36. The van der Waals surface area contributed by atoms with Gasteiger partial charge in [0.05, 0.1) is 12.6 Å². The highest BCUT2D eigenvalue weighted by Crippen LogP contribution is 2.29. The summed E-state index contributed by atoms with van der Waals surface area (Å²) >= 11 is 0. The number of nitriles is 1. The number of benzene rings is 3. The number of hydrogen-bond donors (Lipinski definition) is 0. The number of nitrogens with zero attached hydrogens (tertiary/aromatic N) is 2. The topological polar surface area (TPSA) is 28.1 Å². The Bertz CT molecular complexity index is 926. The average molecular weight is 280 g/mol. The summed E-state index contributed by atoms with van der Waals surface area (Å²) in [4.78, 5) is 3.16. The second kappa shape index (κ2) is 5.95. The highest BCUT2D eigenvalue weighted by molar-refractivity contribution is 6.06. The van der Waals surface area contributed by atoms with Gasteiger partial charge in [-0.25, -0.2) is 10.1 Å². The molecule has 0 saturated carbocycles. The predicted octanol–water partition coefficient (Wildman–Crippen LogP) is 5.33. The molecule has 0 atom stereocenters. The van der Waals surface area contributed by atoms with Crippen molar-refractivity contribution in [1.82, 2.24) is 0 Å². The zero-order valence-electron chi connectivity index (χ0n) is 11.8. The van der Waals surface area contributed by atoms with Crippen LogP contribution in [-0.2, 0) is 0 Å². The quantitative estimate of drug-likeness (QED) is 0.270. The fourth-order valence-corrected chi connectivity index (χ4v) is 2.56. The zero-order chi connectivity index (χ0) is 15.4. The van der Waals surface area contributed by atoms with Crippen LogP contribution in [-0.4, -0.2) is 0 Å². The Balaban J connectivity index is 2.26. The Labute approximate surface area is 129 Å². The third-order valence-electron chi connectivity index (χ3n) is 3.56. The summed E-state index contributed by atoms with van der Waals surface area (Å²) in [6, 6.07) is 20.5. The molecule has 0 amide bonds. The molecule has 0 saturated heterocycles. The van der Waals surface area contributed by atoms with Crippen LogP contribution in [0, 0.1) is 17.9 Å². The molecule has 0 bridgehead atoms. The number of hydrogen-bond acceptors (Lipinski definition) is 1. The monoisotopic (exact) mass is 280 g/mol. The lowest BCUT2D eigenvalue weighted by Crippen LogP contribution is -1.83. The van der Waals surface area contributed by atoms with Gasteiger partial charge in [-0.3, -0.25) is 0 Å². The van der Waals surface area contributed by atoms with Gasteiger partial charge in [-0.2, -0.15) is 0 Å². The van der Waals surface area contributed by atoms with Crippen LogP contribution >= 0.6 is 0 Å². The van der Waals surface area contributed by atoms with Gasteiger partial charge >= 0.3 is 0 Å². The van der Waals surface area contributed by atoms with Crippen LogP contribution in [0.5, 0.6) is 0 Å². The van der Waals surface area contributed by atoms with E-state index in [0.717, 1.165) is 16.3 Å². The average Bonchev–Trinajstić information content (AvgIpc) is 2.58. The van der Waals surface area contributed by atoms with E-state index in [4.69, 9.17) is 11.8 Å². The minimum absolute atomic E-state index is 0.0841. The molecule has 3 aromatic carbocycles. The number of fused-ring (bicyclic) bond motifs is 2. The van der Waals surface area contributed by atoms with E-state index >= 15 is 0 Å². The van der Waals surface area contributed by atoms with Gasteiger partial charge < -0.3 is 0 Å². The van der Waals surface area contributed by atoms with E-state index in [0.29, 0.717) is 0 Å². The molecule has 2 nitrogen and oxygen atoms in total. The van der Waals surface area contributed by atoms with Gasteiger partial charge in [-0.05, 0) is 39.3 Å². The van der Waals surface area contributed by atoms with Crippen molar-refractivity contribution < 1.29 is 0 Å². The molecule has 0 unspecified atom stereocenters. The minimum atomic E-state index is 0.0841. The van der Waals surface area contributed by atoms with Crippen molar-refractivity contribution in [1.29, 1.82) is 5.26 Å². The molecule has 3 aromatic rings. The van der Waals surface area contributed by atoms with Crippen LogP contribution in [0.2, 0.25) is 0 Å². The molecule has 0 aliphatic heterocycles. The van der Waals surface area contributed by atoms with Crippen LogP contribution in [0.4, 0.5) is 0 Å². The molecular weight excluding hydrogens is 268 g/mol. The summed E-state index contributed by atoms with van der Waals surface area (Å²) in [6.07, 6.45) is 5.28. The largest absolute Gasteiger partial charge is 0.261 e. The van der Waals surface area contributed by atoms with Crippen LogP contribution in [0.25, 0.3) is 32.5 Å². The maximum Gasteiger partial charge on any atom is 0.261 e. The third kappa shape index (κ3) is 2.46. The standard InChI is InChI=1S/C20H12N2/c1-22-17(14-21)9-6-12-20-18-10-4-2-7-15(18)13-16-8-3-5-11-19(16)20/h2-13H/b12-6+,17-9-. The first-order valence-electron chi connectivity index (χ1n) is 6.90. The number of rotatable bonds is 2. The first-order valence-corrected chi connectivity index (χ1v) is 6.90. The Morgan fingerprint density at radius 2 is 1.59 bits per heavy atom. The van der Waals surface area contributed by atoms with E-state index < -0.39 is 0 Å². The van der Waals surface area contributed by atoms with Gasteiger partial charge in [0.15, 0.2) is 0 Å². The Morgan fingerprint density at radius 1 is 1.00 bits per heavy atom. The molecule has 2 heteroatoms. The van der Waals surface area contributed by atoms with Crippen molar-refractivity contribution in [2.45, 2.75) is 0 Å². The molecule has 0 aliphatic carbocycles. The summed E-state index contributed by atoms with van der Waals surface area (Å²) < 4.78 is 0. The maximum atomic E-state index is 8.80. The van der Waals surface area contributed by atoms with Crippen molar-refractivity contribution in [3.63, 3.8) is 0 Å².